The third-order valence-corrected chi connectivity index (χ3v) is 6.60. The van der Waals surface area contributed by atoms with Gasteiger partial charge >= 0.3 is 5.97 Å². The van der Waals surface area contributed by atoms with Gasteiger partial charge in [-0.1, -0.05) is 60.3 Å². The Hall–Kier alpha value is -4.38. The minimum Gasteiger partial charge on any atom is -0.493 e. The Bertz CT molecular complexity index is 1540. The first-order valence-electron chi connectivity index (χ1n) is 11.2. The number of halogens is 1. The Labute approximate surface area is 214 Å². The zero-order valence-electron chi connectivity index (χ0n) is 19.6. The summed E-state index contributed by atoms with van der Waals surface area (Å²) in [6, 6.07) is 18.6. The van der Waals surface area contributed by atoms with Crippen LogP contribution in [0, 0.1) is 5.82 Å². The van der Waals surface area contributed by atoms with Crippen molar-refractivity contribution in [1.82, 2.24) is 10.3 Å². The van der Waals surface area contributed by atoms with Crippen molar-refractivity contribution in [1.29, 1.82) is 0 Å². The van der Waals surface area contributed by atoms with Crippen LogP contribution < -0.4 is 25.4 Å². The topological polar surface area (TPSA) is 113 Å². The van der Waals surface area contributed by atoms with Crippen molar-refractivity contribution < 1.29 is 28.6 Å². The van der Waals surface area contributed by atoms with E-state index in [1.807, 2.05) is 6.07 Å². The number of hydrogen-bond donors (Lipinski definition) is 2. The average Bonchev–Trinajstić information content (AvgIpc) is 2.90. The maximum atomic E-state index is 14.1. The molecule has 1 atom stereocenters. The second-order valence-electron chi connectivity index (χ2n) is 8.01. The fourth-order valence-electron chi connectivity index (χ4n) is 4.04. The molecule has 3 aromatic rings. The number of nitrogens with one attached hydrogen (secondary N) is 1. The molecule has 5 rings (SSSR count). The summed E-state index contributed by atoms with van der Waals surface area (Å²) in [6.07, 6.45) is -0.862. The maximum Gasteiger partial charge on any atom is 0.341 e. The highest BCUT2D eigenvalue weighted by atomic mass is 32.2. The van der Waals surface area contributed by atoms with E-state index >= 15 is 0 Å². The van der Waals surface area contributed by atoms with Crippen LogP contribution in [-0.4, -0.2) is 40.9 Å². The quantitative estimate of drug-likeness (QED) is 0.492. The summed E-state index contributed by atoms with van der Waals surface area (Å²) in [6.45, 7) is -0.596. The zero-order chi connectivity index (χ0) is 25.9. The number of benzene rings is 3. The molecule has 188 valence electrons. The first-order valence-corrected chi connectivity index (χ1v) is 12.2. The van der Waals surface area contributed by atoms with Crippen LogP contribution in [0.15, 0.2) is 76.8 Å². The smallest absolute Gasteiger partial charge is 0.341 e. The molecule has 0 spiro atoms. The van der Waals surface area contributed by atoms with Crippen LogP contribution >= 0.6 is 11.8 Å². The van der Waals surface area contributed by atoms with E-state index in [9.17, 15) is 19.1 Å². The van der Waals surface area contributed by atoms with Gasteiger partial charge in [0.25, 0.3) is 5.91 Å². The van der Waals surface area contributed by atoms with Gasteiger partial charge < -0.3 is 14.6 Å². The molecular weight excluding hydrogens is 499 g/mol. The number of carboxylic acids is 1. The summed E-state index contributed by atoms with van der Waals surface area (Å²) in [4.78, 5) is 29.4. The largest absolute Gasteiger partial charge is 0.493 e. The van der Waals surface area contributed by atoms with Gasteiger partial charge in [0.05, 0.1) is 12.5 Å². The number of para-hydroxylation sites is 2. The molecule has 0 saturated heterocycles. The predicted octanol–water partition coefficient (Wildman–Crippen LogP) is 2.37. The fraction of sp³-hybridized carbons (Fsp3) is 0.154. The number of fused-ring (bicyclic) bond motifs is 2. The van der Waals surface area contributed by atoms with Gasteiger partial charge in [-0.15, -0.1) is 5.10 Å². The van der Waals surface area contributed by atoms with Crippen LogP contribution in [0.25, 0.3) is 5.70 Å². The van der Waals surface area contributed by atoms with Crippen molar-refractivity contribution in [3.05, 3.63) is 94.3 Å². The van der Waals surface area contributed by atoms with Gasteiger partial charge in [0, 0.05) is 16.5 Å². The second kappa shape index (κ2) is 10.3. The summed E-state index contributed by atoms with van der Waals surface area (Å²) in [5.41, 5.74) is 1.21. The molecule has 2 heterocycles. The third kappa shape index (κ3) is 4.85. The highest BCUT2D eigenvalue weighted by Crippen LogP contribution is 2.40. The van der Waals surface area contributed by atoms with Crippen LogP contribution in [0.3, 0.4) is 0 Å². The summed E-state index contributed by atoms with van der Waals surface area (Å²) >= 11 is 1.18. The molecule has 2 aliphatic rings. The van der Waals surface area contributed by atoms with Gasteiger partial charge in [-0.25, -0.2) is 14.2 Å². The van der Waals surface area contributed by atoms with Crippen LogP contribution in [-0.2, 0) is 15.3 Å². The van der Waals surface area contributed by atoms with Crippen LogP contribution in [0.2, 0.25) is 0 Å². The number of ether oxygens (including phenoxy) is 2. The van der Waals surface area contributed by atoms with Gasteiger partial charge in [0.2, 0.25) is 0 Å². The number of aliphatic carboxylic acids is 1. The molecule has 11 heteroatoms. The average molecular weight is 521 g/mol. The van der Waals surface area contributed by atoms with Crippen LogP contribution in [0.1, 0.15) is 17.3 Å². The minimum atomic E-state index is -1.16. The number of amidine groups is 1. The van der Waals surface area contributed by atoms with E-state index in [-0.39, 0.29) is 28.2 Å². The number of hydrogen-bond acceptors (Lipinski definition) is 8. The highest BCUT2D eigenvalue weighted by Gasteiger charge is 2.36. The standard InChI is InChI=1S/C26H21FN4O5S/c1-35-20-12-6-9-17(23(20)36-13-21(32)33)24-28-19-11-5-3-8-16(19)22-25(34)29-26(30-31(22)24)37-14-15-7-2-4-10-18(15)27/h2-12,24H,13-14H2,1H3,(H,32,33)(H,29,30,34). The lowest BCUT2D eigenvalue weighted by Crippen LogP contribution is -2.50. The number of carbonyl (C=O) groups is 2. The monoisotopic (exact) mass is 520 g/mol. The molecular formula is C26H21FN4O5S. The molecule has 0 radical (unpaired) electrons. The van der Waals surface area contributed by atoms with E-state index in [0.717, 1.165) is 0 Å². The number of nitrogens with zero attached hydrogens (tertiary/aromatic N) is 3. The molecule has 9 nitrogen and oxygen atoms in total. The molecule has 2 N–H and O–H groups in total. The van der Waals surface area contributed by atoms with E-state index in [2.05, 4.69) is 10.4 Å². The molecule has 0 aliphatic carbocycles. The minimum absolute atomic E-state index is 0.182. The number of rotatable bonds is 7. The number of amides is 1. The highest BCUT2D eigenvalue weighted by molar-refractivity contribution is 8.13. The lowest BCUT2D eigenvalue weighted by molar-refractivity contribution is -0.139. The Kier molecular flexibility index (Phi) is 6.78. The first-order chi connectivity index (χ1) is 18.0. The summed E-state index contributed by atoms with van der Waals surface area (Å²) in [5.74, 6) is -1.15. The molecule has 0 aromatic heterocycles. The van der Waals surface area contributed by atoms with E-state index < -0.39 is 24.6 Å². The van der Waals surface area contributed by atoms with E-state index in [0.29, 0.717) is 27.5 Å². The Morgan fingerprint density at radius 3 is 2.70 bits per heavy atom. The van der Waals surface area contributed by atoms with Crippen molar-refractivity contribution in [2.45, 2.75) is 11.9 Å². The van der Waals surface area contributed by atoms with Gasteiger partial charge in [-0.05, 0) is 23.8 Å². The SMILES string of the molecule is COc1cccc(C2N=c3ccccc3=C3C(=O)NC(SCc4ccccc4F)=NN32)c1OCC(=O)O. The van der Waals surface area contributed by atoms with Gasteiger partial charge in [-0.3, -0.25) is 15.1 Å². The molecule has 37 heavy (non-hydrogen) atoms. The molecule has 2 aliphatic heterocycles. The summed E-state index contributed by atoms with van der Waals surface area (Å²) in [5, 5.41) is 19.6. The number of carboxylic acid groups (broad SMARTS) is 1. The summed E-state index contributed by atoms with van der Waals surface area (Å²) < 4.78 is 25.2. The molecule has 0 bridgehead atoms. The number of hydrazone groups is 1. The van der Waals surface area contributed by atoms with Gasteiger partial charge in [0.1, 0.15) is 11.5 Å². The second-order valence-corrected chi connectivity index (χ2v) is 8.98. The molecule has 0 saturated carbocycles. The van der Waals surface area contributed by atoms with Crippen molar-refractivity contribution in [3.63, 3.8) is 0 Å². The summed E-state index contributed by atoms with van der Waals surface area (Å²) in [7, 11) is 1.45. The Morgan fingerprint density at radius 2 is 1.92 bits per heavy atom. The van der Waals surface area contributed by atoms with E-state index in [1.165, 1.54) is 29.9 Å². The van der Waals surface area contributed by atoms with Crippen LogP contribution in [0.5, 0.6) is 11.5 Å². The van der Waals surface area contributed by atoms with E-state index in [1.54, 1.807) is 54.6 Å². The van der Waals surface area contributed by atoms with Crippen molar-refractivity contribution in [3.8, 4) is 11.5 Å². The number of carbonyl (C=O) groups excluding carboxylic acids is 1. The van der Waals surface area contributed by atoms with Gasteiger partial charge in [0.15, 0.2) is 29.4 Å². The Morgan fingerprint density at radius 1 is 1.14 bits per heavy atom. The molecule has 3 aromatic carbocycles. The van der Waals surface area contributed by atoms with Crippen molar-refractivity contribution >= 4 is 34.5 Å². The number of thioether (sulfide) groups is 1. The number of methoxy groups -OCH3 is 1. The molecule has 0 fully saturated rings. The molecule has 1 amide bonds. The lowest BCUT2D eigenvalue weighted by atomic mass is 10.1. The first kappa shape index (κ1) is 24.3. The van der Waals surface area contributed by atoms with Gasteiger partial charge in [-0.2, -0.15) is 0 Å². The fourth-order valence-corrected chi connectivity index (χ4v) is 4.88. The van der Waals surface area contributed by atoms with E-state index in [4.69, 9.17) is 14.5 Å². The van der Waals surface area contributed by atoms with Crippen molar-refractivity contribution in [2.24, 2.45) is 10.1 Å². The van der Waals surface area contributed by atoms with Crippen molar-refractivity contribution in [2.75, 3.05) is 13.7 Å². The Balaban J connectivity index is 1.61. The van der Waals surface area contributed by atoms with Crippen LogP contribution in [0.4, 0.5) is 4.39 Å². The predicted molar refractivity (Wildman–Crippen MR) is 135 cm³/mol. The maximum absolute atomic E-state index is 14.1. The third-order valence-electron chi connectivity index (χ3n) is 5.69. The molecule has 1 unspecified atom stereocenters. The lowest BCUT2D eigenvalue weighted by Gasteiger charge is -2.34. The zero-order valence-corrected chi connectivity index (χ0v) is 20.4. The normalized spacial score (nSPS) is 16.1.